The van der Waals surface area contributed by atoms with Gasteiger partial charge in [0.05, 0.1) is 6.26 Å². The smallest absolute Gasteiger partial charge is 0.259 e. The van der Waals surface area contributed by atoms with Crippen LogP contribution in [0.1, 0.15) is 5.56 Å². The lowest BCUT2D eigenvalue weighted by Crippen LogP contribution is -2.04. The highest BCUT2D eigenvalue weighted by Crippen LogP contribution is 2.30. The molecule has 17 heavy (non-hydrogen) atoms. The maximum absolute atomic E-state index is 10.7. The number of aromatic nitrogens is 1. The first-order chi connectivity index (χ1) is 8.16. The molecule has 0 bridgehead atoms. The minimum atomic E-state index is -2.14. The summed E-state index contributed by atoms with van der Waals surface area (Å²) < 4.78 is 27.2. The lowest BCUT2D eigenvalue weighted by atomic mass is 10.3. The van der Waals surface area contributed by atoms with Crippen molar-refractivity contribution in [1.29, 1.82) is 0 Å². The molecule has 1 atom stereocenters. The van der Waals surface area contributed by atoms with Gasteiger partial charge in [0, 0.05) is 11.8 Å². The van der Waals surface area contributed by atoms with Crippen molar-refractivity contribution in [2.75, 3.05) is 10.0 Å². The van der Waals surface area contributed by atoms with E-state index in [1.807, 2.05) is 6.07 Å². The zero-order chi connectivity index (χ0) is 12.3. The maximum atomic E-state index is 10.7. The van der Waals surface area contributed by atoms with Crippen molar-refractivity contribution in [3.05, 3.63) is 36.2 Å². The van der Waals surface area contributed by atoms with E-state index in [9.17, 15) is 4.21 Å². The van der Waals surface area contributed by atoms with E-state index in [4.69, 9.17) is 8.97 Å². The summed E-state index contributed by atoms with van der Waals surface area (Å²) in [6, 6.07) is 5.38. The first-order valence-electron chi connectivity index (χ1n) is 4.80. The molecule has 0 aliphatic heterocycles. The van der Waals surface area contributed by atoms with Gasteiger partial charge in [-0.25, -0.2) is 9.19 Å². The van der Waals surface area contributed by atoms with Gasteiger partial charge in [0.25, 0.3) is 11.3 Å². The van der Waals surface area contributed by atoms with E-state index in [0.29, 0.717) is 17.4 Å². The fraction of sp³-hybridized carbons (Fsp3) is 0.100. The van der Waals surface area contributed by atoms with Gasteiger partial charge in [-0.3, -0.25) is 9.27 Å². The van der Waals surface area contributed by atoms with Crippen LogP contribution < -0.4 is 10.0 Å². The van der Waals surface area contributed by atoms with E-state index < -0.39 is 11.3 Å². The van der Waals surface area contributed by atoms with Gasteiger partial charge in [-0.2, -0.15) is 0 Å². The summed E-state index contributed by atoms with van der Waals surface area (Å²) in [5, 5.41) is 2.91. The number of nitrogens with one attached hydrogen (secondary N) is 2. The molecule has 2 aromatic heterocycles. The van der Waals surface area contributed by atoms with Gasteiger partial charge in [0.15, 0.2) is 0 Å². The number of nitrogens with zero attached hydrogens (tertiary/aromatic N) is 1. The molecule has 2 heterocycles. The third kappa shape index (κ3) is 2.83. The Kier molecular flexibility index (Phi) is 3.40. The summed E-state index contributed by atoms with van der Waals surface area (Å²) in [7, 11) is 0. The quantitative estimate of drug-likeness (QED) is 0.727. The molecule has 0 aromatic carbocycles. The zero-order valence-corrected chi connectivity index (χ0v) is 9.82. The Bertz CT molecular complexity index is 527. The van der Waals surface area contributed by atoms with Crippen molar-refractivity contribution in [1.82, 2.24) is 4.98 Å². The number of anilines is 3. The van der Waals surface area contributed by atoms with E-state index in [2.05, 4.69) is 15.0 Å². The van der Waals surface area contributed by atoms with Crippen molar-refractivity contribution in [2.24, 2.45) is 0 Å². The number of hydrogen-bond donors (Lipinski definition) is 3. The summed E-state index contributed by atoms with van der Waals surface area (Å²) in [6.45, 7) is 1.77. The molecule has 0 spiro atoms. The fourth-order valence-electron chi connectivity index (χ4n) is 1.30. The van der Waals surface area contributed by atoms with Crippen LogP contribution in [-0.2, 0) is 11.3 Å². The first kappa shape index (κ1) is 11.6. The second-order valence-corrected chi connectivity index (χ2v) is 4.02. The number of aryl methyl sites for hydroxylation is 1. The summed E-state index contributed by atoms with van der Waals surface area (Å²) in [6.07, 6.45) is 3.12. The predicted molar refractivity (Wildman–Crippen MR) is 65.4 cm³/mol. The van der Waals surface area contributed by atoms with Crippen LogP contribution in [0.25, 0.3) is 0 Å². The normalized spacial score (nSPS) is 12.1. The third-order valence-corrected chi connectivity index (χ3v) is 2.45. The number of pyridine rings is 1. The van der Waals surface area contributed by atoms with Crippen LogP contribution in [0.2, 0.25) is 0 Å². The van der Waals surface area contributed by atoms with Crippen LogP contribution in [0.15, 0.2) is 35.1 Å². The Morgan fingerprint density at radius 3 is 2.94 bits per heavy atom. The van der Waals surface area contributed by atoms with E-state index >= 15 is 0 Å². The van der Waals surface area contributed by atoms with Crippen molar-refractivity contribution in [2.45, 2.75) is 6.92 Å². The third-order valence-electron chi connectivity index (χ3n) is 2.07. The Hall–Kier alpha value is -1.86. The molecule has 2 aromatic rings. The summed E-state index contributed by atoms with van der Waals surface area (Å²) in [4.78, 5) is 4.07. The summed E-state index contributed by atoms with van der Waals surface area (Å²) >= 11 is -2.14. The van der Waals surface area contributed by atoms with Crippen LogP contribution in [0, 0.1) is 6.92 Å². The molecule has 2 rings (SSSR count). The largest absolute Gasteiger partial charge is 0.446 e. The molecular formula is C10H11N3O3S. The van der Waals surface area contributed by atoms with Crippen LogP contribution in [0.4, 0.5) is 17.4 Å². The highest BCUT2D eigenvalue weighted by Gasteiger charge is 2.12. The van der Waals surface area contributed by atoms with E-state index in [0.717, 1.165) is 5.56 Å². The van der Waals surface area contributed by atoms with Gasteiger partial charge in [-0.15, -0.1) is 0 Å². The summed E-state index contributed by atoms with van der Waals surface area (Å²) in [5.74, 6) is 0.942. The number of furan rings is 1. The lowest BCUT2D eigenvalue weighted by molar-refractivity contribution is 0.569. The molecule has 0 amide bonds. The predicted octanol–water partition coefficient (Wildman–Crippen LogP) is 2.28. The Morgan fingerprint density at radius 1 is 1.47 bits per heavy atom. The Labute approximate surface area is 100 Å². The molecule has 3 N–H and O–H groups in total. The van der Waals surface area contributed by atoms with Gasteiger partial charge < -0.3 is 9.73 Å². The van der Waals surface area contributed by atoms with Gasteiger partial charge in [-0.05, 0) is 19.1 Å². The standard InChI is InChI=1S/C10H11N3O3S/c1-7-6-16-10(9(7)13-17(14)15)12-8-4-2-3-5-11-8/h2-6,13H,1H3,(H,11,12)(H,14,15). The average molecular weight is 253 g/mol. The lowest BCUT2D eigenvalue weighted by Gasteiger charge is -2.05. The van der Waals surface area contributed by atoms with Crippen LogP contribution in [0.5, 0.6) is 0 Å². The molecule has 90 valence electrons. The van der Waals surface area contributed by atoms with Gasteiger partial charge in [0.2, 0.25) is 5.88 Å². The maximum Gasteiger partial charge on any atom is 0.259 e. The number of rotatable bonds is 4. The van der Waals surface area contributed by atoms with E-state index in [1.54, 1.807) is 25.3 Å². The second kappa shape index (κ2) is 4.98. The SMILES string of the molecule is Cc1coc(Nc2ccccn2)c1NS(=O)O. The second-order valence-electron chi connectivity index (χ2n) is 3.31. The minimum Gasteiger partial charge on any atom is -0.446 e. The molecule has 0 saturated heterocycles. The zero-order valence-electron chi connectivity index (χ0n) is 9.01. The molecule has 6 nitrogen and oxygen atoms in total. The van der Waals surface area contributed by atoms with Crippen molar-refractivity contribution in [3.8, 4) is 0 Å². The molecule has 0 fully saturated rings. The Balaban J connectivity index is 2.24. The molecule has 0 radical (unpaired) electrons. The Morgan fingerprint density at radius 2 is 2.29 bits per heavy atom. The minimum absolute atomic E-state index is 0.351. The van der Waals surface area contributed by atoms with E-state index in [-0.39, 0.29) is 0 Å². The first-order valence-corrected chi connectivity index (χ1v) is 5.91. The monoisotopic (exact) mass is 253 g/mol. The highest BCUT2D eigenvalue weighted by molar-refractivity contribution is 7.80. The van der Waals surface area contributed by atoms with Crippen molar-refractivity contribution in [3.63, 3.8) is 0 Å². The van der Waals surface area contributed by atoms with E-state index in [1.165, 1.54) is 6.26 Å². The molecule has 7 heteroatoms. The summed E-state index contributed by atoms with van der Waals surface area (Å²) in [5.41, 5.74) is 1.17. The van der Waals surface area contributed by atoms with Gasteiger partial charge >= 0.3 is 0 Å². The number of hydrogen-bond acceptors (Lipinski definition) is 4. The molecular weight excluding hydrogens is 242 g/mol. The topological polar surface area (TPSA) is 87.4 Å². The van der Waals surface area contributed by atoms with Gasteiger partial charge in [0.1, 0.15) is 11.5 Å². The van der Waals surface area contributed by atoms with Crippen LogP contribution in [0.3, 0.4) is 0 Å². The molecule has 1 unspecified atom stereocenters. The fourth-order valence-corrected chi connectivity index (χ4v) is 1.73. The van der Waals surface area contributed by atoms with Crippen LogP contribution in [-0.4, -0.2) is 13.7 Å². The van der Waals surface area contributed by atoms with Gasteiger partial charge in [-0.1, -0.05) is 6.07 Å². The van der Waals surface area contributed by atoms with Crippen molar-refractivity contribution >= 4 is 28.7 Å². The van der Waals surface area contributed by atoms with Crippen LogP contribution >= 0.6 is 0 Å². The van der Waals surface area contributed by atoms with Crippen molar-refractivity contribution < 1.29 is 13.2 Å². The molecule has 0 saturated carbocycles. The molecule has 0 aliphatic carbocycles. The highest BCUT2D eigenvalue weighted by atomic mass is 32.2. The molecule has 0 aliphatic rings. The average Bonchev–Trinajstić information content (AvgIpc) is 2.62.